The van der Waals surface area contributed by atoms with Crippen LogP contribution in [0.1, 0.15) is 18.1 Å². The van der Waals surface area contributed by atoms with Gasteiger partial charge >= 0.3 is 6.03 Å². The normalized spacial score (nSPS) is 22.8. The van der Waals surface area contributed by atoms with E-state index in [-0.39, 0.29) is 31.4 Å². The van der Waals surface area contributed by atoms with Crippen molar-refractivity contribution in [2.45, 2.75) is 17.4 Å². The number of nitriles is 1. The number of ether oxygens (including phenoxy) is 2. The molecule has 5 rings (SSSR count). The molecule has 2 aromatic carbocycles. The number of carbonyl (C=O) groups excluding carboxylic acids is 2. The Balaban J connectivity index is 1.24. The number of benzene rings is 2. The average Bonchev–Trinajstić information content (AvgIpc) is 3.42. The number of hydrogen-bond acceptors (Lipinski definition) is 8. The van der Waals surface area contributed by atoms with Gasteiger partial charge in [-0.15, -0.1) is 0 Å². The molecule has 0 aliphatic carbocycles. The summed E-state index contributed by atoms with van der Waals surface area (Å²) in [5.41, 5.74) is -0.283. The molecule has 0 spiro atoms. The zero-order valence-corrected chi connectivity index (χ0v) is 19.7. The summed E-state index contributed by atoms with van der Waals surface area (Å²) in [6.07, 6.45) is 0. The first-order chi connectivity index (χ1) is 16.7. The zero-order chi connectivity index (χ0) is 24.8. The van der Waals surface area contributed by atoms with Crippen LogP contribution in [0.2, 0.25) is 0 Å². The summed E-state index contributed by atoms with van der Waals surface area (Å²) >= 11 is 0. The lowest BCUT2D eigenvalue weighted by Crippen LogP contribution is -2.52. The number of carbonyl (C=O) groups is 2. The van der Waals surface area contributed by atoms with E-state index in [4.69, 9.17) is 14.7 Å². The van der Waals surface area contributed by atoms with E-state index in [2.05, 4.69) is 5.32 Å². The van der Waals surface area contributed by atoms with Crippen molar-refractivity contribution in [1.82, 2.24) is 19.4 Å². The Morgan fingerprint density at radius 3 is 2.40 bits per heavy atom. The maximum absolute atomic E-state index is 13.3. The molecular weight excluding hydrogens is 474 g/mol. The highest BCUT2D eigenvalue weighted by Gasteiger charge is 2.50. The number of amides is 3. The quantitative estimate of drug-likeness (QED) is 0.606. The van der Waals surface area contributed by atoms with Gasteiger partial charge in [0, 0.05) is 26.2 Å². The maximum Gasteiger partial charge on any atom is 0.326 e. The largest absolute Gasteiger partial charge is 0.454 e. The Morgan fingerprint density at radius 2 is 1.71 bits per heavy atom. The Hall–Kier alpha value is -3.66. The van der Waals surface area contributed by atoms with Crippen molar-refractivity contribution in [3.05, 3.63) is 53.6 Å². The minimum Gasteiger partial charge on any atom is -0.454 e. The highest BCUT2D eigenvalue weighted by atomic mass is 32.2. The second kappa shape index (κ2) is 8.53. The molecule has 1 N–H and O–H groups in total. The van der Waals surface area contributed by atoms with Gasteiger partial charge in [-0.2, -0.15) is 9.57 Å². The van der Waals surface area contributed by atoms with Crippen LogP contribution in [0.25, 0.3) is 0 Å². The van der Waals surface area contributed by atoms with Gasteiger partial charge in [0.25, 0.3) is 5.91 Å². The molecule has 11 nitrogen and oxygen atoms in total. The number of fused-ring (bicyclic) bond motifs is 1. The Labute approximate surface area is 202 Å². The minimum absolute atomic E-state index is 0.0512. The van der Waals surface area contributed by atoms with Gasteiger partial charge in [0.05, 0.1) is 23.2 Å². The number of urea groups is 1. The number of hydrogen-bond donors (Lipinski definition) is 1. The molecule has 182 valence electrons. The number of nitrogens with one attached hydrogen (secondary N) is 1. The molecule has 1 atom stereocenters. The fourth-order valence-electron chi connectivity index (χ4n) is 4.39. The van der Waals surface area contributed by atoms with E-state index in [1.165, 1.54) is 28.6 Å². The number of sulfonamides is 1. The van der Waals surface area contributed by atoms with Gasteiger partial charge < -0.3 is 14.8 Å². The van der Waals surface area contributed by atoms with E-state index in [0.717, 1.165) is 4.90 Å². The predicted octanol–water partition coefficient (Wildman–Crippen LogP) is 1.02. The van der Waals surface area contributed by atoms with Crippen LogP contribution in [0.5, 0.6) is 11.5 Å². The fraction of sp³-hybridized carbons (Fsp3) is 0.348. The van der Waals surface area contributed by atoms with E-state index < -0.39 is 27.5 Å². The first kappa shape index (κ1) is 23.1. The van der Waals surface area contributed by atoms with E-state index in [9.17, 15) is 18.0 Å². The molecule has 0 bridgehead atoms. The number of imide groups is 1. The SMILES string of the molecule is C[C@]1(c2ccc3c(c2)OCO3)NC(=O)N(CN2CCN(S(=O)(=O)c3ccc(C#N)cc3)CC2)C1=O. The maximum atomic E-state index is 13.3. The fourth-order valence-corrected chi connectivity index (χ4v) is 5.81. The molecule has 12 heteroatoms. The van der Waals surface area contributed by atoms with Crippen molar-refractivity contribution in [2.75, 3.05) is 39.6 Å². The van der Waals surface area contributed by atoms with Gasteiger partial charge in [-0.1, -0.05) is 6.07 Å². The van der Waals surface area contributed by atoms with Gasteiger partial charge in [0.2, 0.25) is 16.8 Å². The van der Waals surface area contributed by atoms with Gasteiger partial charge in [0.1, 0.15) is 5.54 Å². The molecule has 0 unspecified atom stereocenters. The number of piperazine rings is 1. The smallest absolute Gasteiger partial charge is 0.326 e. The number of rotatable bonds is 5. The highest BCUT2D eigenvalue weighted by molar-refractivity contribution is 7.89. The summed E-state index contributed by atoms with van der Waals surface area (Å²) in [6, 6.07) is 12.4. The van der Waals surface area contributed by atoms with Gasteiger partial charge in [-0.05, 0) is 48.9 Å². The molecule has 3 amide bonds. The van der Waals surface area contributed by atoms with Crippen LogP contribution in [0.3, 0.4) is 0 Å². The first-order valence-electron chi connectivity index (χ1n) is 11.0. The molecule has 2 aromatic rings. The van der Waals surface area contributed by atoms with Crippen molar-refractivity contribution in [3.8, 4) is 17.6 Å². The molecule has 0 saturated carbocycles. The third-order valence-electron chi connectivity index (χ3n) is 6.52. The van der Waals surface area contributed by atoms with Crippen LogP contribution >= 0.6 is 0 Å². The molecule has 3 aliphatic rings. The summed E-state index contributed by atoms with van der Waals surface area (Å²) in [5.74, 6) is 0.706. The number of nitrogens with zero attached hydrogens (tertiary/aromatic N) is 4. The molecule has 0 aromatic heterocycles. The Bertz CT molecular complexity index is 1330. The second-order valence-corrected chi connectivity index (χ2v) is 10.6. The third-order valence-corrected chi connectivity index (χ3v) is 8.43. The van der Waals surface area contributed by atoms with E-state index >= 15 is 0 Å². The van der Waals surface area contributed by atoms with Crippen molar-refractivity contribution in [2.24, 2.45) is 0 Å². The standard InChI is InChI=1S/C23H23N5O6S/c1-23(17-4-7-19-20(12-17)34-15-33-19)21(29)28(22(30)25-23)14-26-8-10-27(11-9-26)35(31,32)18-5-2-16(13-24)3-6-18/h2-7,12H,8-11,14-15H2,1H3,(H,25,30)/t23-/m1/s1. The van der Waals surface area contributed by atoms with Crippen molar-refractivity contribution in [3.63, 3.8) is 0 Å². The Morgan fingerprint density at radius 1 is 1.03 bits per heavy atom. The van der Waals surface area contributed by atoms with Crippen LogP contribution in [0.4, 0.5) is 4.79 Å². The minimum atomic E-state index is -3.70. The summed E-state index contributed by atoms with van der Waals surface area (Å²) in [7, 11) is -3.70. The lowest BCUT2D eigenvalue weighted by atomic mass is 9.92. The predicted molar refractivity (Wildman–Crippen MR) is 122 cm³/mol. The van der Waals surface area contributed by atoms with Crippen LogP contribution in [-0.2, 0) is 20.4 Å². The van der Waals surface area contributed by atoms with Gasteiger partial charge in [-0.3, -0.25) is 9.69 Å². The second-order valence-electron chi connectivity index (χ2n) is 8.66. The van der Waals surface area contributed by atoms with Crippen LogP contribution in [0, 0.1) is 11.3 Å². The lowest BCUT2D eigenvalue weighted by Gasteiger charge is -2.35. The molecule has 35 heavy (non-hydrogen) atoms. The third kappa shape index (κ3) is 3.97. The van der Waals surface area contributed by atoms with Crippen molar-refractivity contribution in [1.29, 1.82) is 5.26 Å². The van der Waals surface area contributed by atoms with Crippen LogP contribution in [0.15, 0.2) is 47.4 Å². The molecule has 3 aliphatic heterocycles. The topological polar surface area (TPSA) is 132 Å². The Kier molecular flexibility index (Phi) is 5.63. The molecule has 2 fully saturated rings. The zero-order valence-electron chi connectivity index (χ0n) is 18.9. The van der Waals surface area contributed by atoms with Gasteiger partial charge in [0.15, 0.2) is 11.5 Å². The summed E-state index contributed by atoms with van der Waals surface area (Å²) < 4.78 is 38.0. The molecule has 0 radical (unpaired) electrons. The molecular formula is C23H23N5O6S. The van der Waals surface area contributed by atoms with Gasteiger partial charge in [-0.25, -0.2) is 18.1 Å². The summed E-state index contributed by atoms with van der Waals surface area (Å²) in [6.45, 7) is 2.94. The van der Waals surface area contributed by atoms with Crippen molar-refractivity contribution < 1.29 is 27.5 Å². The summed E-state index contributed by atoms with van der Waals surface area (Å²) in [5, 5.41) is 11.7. The average molecular weight is 498 g/mol. The van der Waals surface area contributed by atoms with E-state index in [1.54, 1.807) is 25.1 Å². The summed E-state index contributed by atoms with van der Waals surface area (Å²) in [4.78, 5) is 29.2. The highest BCUT2D eigenvalue weighted by Crippen LogP contribution is 2.38. The van der Waals surface area contributed by atoms with E-state index in [1.807, 2.05) is 11.0 Å². The molecule has 2 saturated heterocycles. The van der Waals surface area contributed by atoms with Crippen molar-refractivity contribution >= 4 is 22.0 Å². The lowest BCUT2D eigenvalue weighted by molar-refractivity contribution is -0.132. The first-order valence-corrected chi connectivity index (χ1v) is 12.4. The van der Waals surface area contributed by atoms with Crippen LogP contribution in [-0.4, -0.2) is 74.1 Å². The van der Waals surface area contributed by atoms with E-state index in [0.29, 0.717) is 35.7 Å². The molecule has 3 heterocycles. The van der Waals surface area contributed by atoms with Crippen LogP contribution < -0.4 is 14.8 Å². The monoisotopic (exact) mass is 497 g/mol.